The predicted molar refractivity (Wildman–Crippen MR) is 94.4 cm³/mol. The van der Waals surface area contributed by atoms with Crippen molar-refractivity contribution < 1.29 is 17.8 Å². The van der Waals surface area contributed by atoms with E-state index in [9.17, 15) is 18.5 Å². The molecule has 1 heterocycles. The molecule has 3 rings (SSSR count). The first-order chi connectivity index (χ1) is 11.9. The summed E-state index contributed by atoms with van der Waals surface area (Å²) in [6, 6.07) is 10.9. The summed E-state index contributed by atoms with van der Waals surface area (Å²) in [5.74, 6) is 0.555. The van der Waals surface area contributed by atoms with Gasteiger partial charge < -0.3 is 4.42 Å². The molecule has 0 saturated heterocycles. The highest BCUT2D eigenvalue weighted by Crippen LogP contribution is 2.28. The monoisotopic (exact) mass is 378 g/mol. The van der Waals surface area contributed by atoms with Gasteiger partial charge >= 0.3 is 0 Å². The van der Waals surface area contributed by atoms with Crippen LogP contribution in [0.5, 0.6) is 0 Å². The molecular formula is C16H14N2O5S2. The van der Waals surface area contributed by atoms with Crippen molar-refractivity contribution in [2.45, 2.75) is 22.8 Å². The van der Waals surface area contributed by atoms with E-state index in [0.29, 0.717) is 22.1 Å². The summed E-state index contributed by atoms with van der Waals surface area (Å²) in [7, 11) is -3.30. The fraction of sp³-hybridized carbons (Fsp3) is 0.188. The topological polar surface area (TPSA) is 103 Å². The van der Waals surface area contributed by atoms with Crippen LogP contribution in [0.1, 0.15) is 12.5 Å². The fourth-order valence-corrected chi connectivity index (χ4v) is 3.85. The van der Waals surface area contributed by atoms with E-state index in [1.807, 2.05) is 0 Å². The minimum atomic E-state index is -3.30. The summed E-state index contributed by atoms with van der Waals surface area (Å²) in [6.45, 7) is 1.59. The second-order valence-electron chi connectivity index (χ2n) is 5.22. The number of non-ortho nitro benzene ring substituents is 1. The van der Waals surface area contributed by atoms with Crippen LogP contribution in [0, 0.1) is 10.1 Å². The van der Waals surface area contributed by atoms with Gasteiger partial charge in [-0.3, -0.25) is 10.1 Å². The van der Waals surface area contributed by atoms with Crippen molar-refractivity contribution in [1.29, 1.82) is 0 Å². The van der Waals surface area contributed by atoms with Crippen LogP contribution in [0.15, 0.2) is 57.0 Å². The Labute approximate surface area is 148 Å². The minimum absolute atomic E-state index is 0.0222. The van der Waals surface area contributed by atoms with Crippen LogP contribution in [0.25, 0.3) is 11.1 Å². The quantitative estimate of drug-likeness (QED) is 0.365. The van der Waals surface area contributed by atoms with E-state index in [2.05, 4.69) is 4.98 Å². The van der Waals surface area contributed by atoms with Crippen LogP contribution in [-0.2, 0) is 15.6 Å². The Balaban J connectivity index is 1.77. The number of aromatic nitrogens is 1. The van der Waals surface area contributed by atoms with E-state index < -0.39 is 14.8 Å². The average Bonchev–Trinajstić information content (AvgIpc) is 3.02. The van der Waals surface area contributed by atoms with Gasteiger partial charge in [0.1, 0.15) is 5.52 Å². The molecule has 0 atom stereocenters. The number of hydrogen-bond donors (Lipinski definition) is 0. The van der Waals surface area contributed by atoms with Gasteiger partial charge in [0.05, 0.1) is 15.6 Å². The molecule has 0 aliphatic carbocycles. The molecule has 2 aromatic carbocycles. The lowest BCUT2D eigenvalue weighted by atomic mass is 10.2. The molecular weight excluding hydrogens is 364 g/mol. The van der Waals surface area contributed by atoms with Crippen molar-refractivity contribution >= 4 is 38.4 Å². The number of nitro groups is 1. The van der Waals surface area contributed by atoms with Gasteiger partial charge in [0.15, 0.2) is 15.4 Å². The van der Waals surface area contributed by atoms with Gasteiger partial charge in [-0.1, -0.05) is 30.8 Å². The Hall–Kier alpha value is -2.39. The molecule has 1 aromatic heterocycles. The summed E-state index contributed by atoms with van der Waals surface area (Å²) in [4.78, 5) is 14.7. The molecule has 9 heteroatoms. The first kappa shape index (κ1) is 17.4. The average molecular weight is 378 g/mol. The van der Waals surface area contributed by atoms with Gasteiger partial charge in [-0.25, -0.2) is 13.4 Å². The van der Waals surface area contributed by atoms with E-state index in [4.69, 9.17) is 4.42 Å². The SMILES string of the molecule is CCS(=O)(=O)c1ccc2nc(SCc3ccc([N+](=O)[O-])cc3)oc2c1. The molecule has 0 N–H and O–H groups in total. The van der Waals surface area contributed by atoms with E-state index in [1.54, 1.807) is 25.1 Å². The Kier molecular flexibility index (Phi) is 4.78. The molecule has 0 amide bonds. The molecule has 0 spiro atoms. The molecule has 0 fully saturated rings. The summed E-state index contributed by atoms with van der Waals surface area (Å²) in [5.41, 5.74) is 1.94. The minimum Gasteiger partial charge on any atom is -0.431 e. The largest absolute Gasteiger partial charge is 0.431 e. The van der Waals surface area contributed by atoms with Gasteiger partial charge in [0.2, 0.25) is 0 Å². The molecule has 0 bridgehead atoms. The maximum absolute atomic E-state index is 11.9. The molecule has 25 heavy (non-hydrogen) atoms. The number of oxazole rings is 1. The number of thioether (sulfide) groups is 1. The molecule has 0 saturated carbocycles. The zero-order valence-corrected chi connectivity index (χ0v) is 14.8. The molecule has 0 unspecified atom stereocenters. The van der Waals surface area contributed by atoms with Gasteiger partial charge in [-0.05, 0) is 17.7 Å². The normalized spacial score (nSPS) is 11.7. The molecule has 0 radical (unpaired) electrons. The van der Waals surface area contributed by atoms with Crippen LogP contribution < -0.4 is 0 Å². The maximum Gasteiger partial charge on any atom is 0.269 e. The van der Waals surface area contributed by atoms with E-state index >= 15 is 0 Å². The zero-order chi connectivity index (χ0) is 18.0. The third-order valence-corrected chi connectivity index (χ3v) is 6.22. The maximum atomic E-state index is 11.9. The number of nitro benzene ring substituents is 1. The number of benzene rings is 2. The molecule has 130 valence electrons. The lowest BCUT2D eigenvalue weighted by Gasteiger charge is -1.99. The fourth-order valence-electron chi connectivity index (χ4n) is 2.16. The number of hydrogen-bond acceptors (Lipinski definition) is 7. The molecule has 7 nitrogen and oxygen atoms in total. The highest BCUT2D eigenvalue weighted by molar-refractivity contribution is 7.98. The lowest BCUT2D eigenvalue weighted by molar-refractivity contribution is -0.384. The van der Waals surface area contributed by atoms with Crippen LogP contribution in [0.3, 0.4) is 0 Å². The summed E-state index contributed by atoms with van der Waals surface area (Å²) < 4.78 is 29.5. The number of sulfone groups is 1. The zero-order valence-electron chi connectivity index (χ0n) is 13.2. The van der Waals surface area contributed by atoms with Crippen molar-refractivity contribution in [3.63, 3.8) is 0 Å². The standard InChI is InChI=1S/C16H14N2O5S2/c1-2-25(21,22)13-7-8-14-15(9-13)23-16(17-14)24-10-11-3-5-12(6-4-11)18(19)20/h3-9H,2,10H2,1H3. The van der Waals surface area contributed by atoms with E-state index in [1.165, 1.54) is 36.0 Å². The number of fused-ring (bicyclic) bond motifs is 1. The van der Waals surface area contributed by atoms with Crippen molar-refractivity contribution in [2.75, 3.05) is 5.75 Å². The van der Waals surface area contributed by atoms with Gasteiger partial charge in [0.25, 0.3) is 10.9 Å². The van der Waals surface area contributed by atoms with Crippen molar-refractivity contribution in [2.24, 2.45) is 0 Å². The lowest BCUT2D eigenvalue weighted by Crippen LogP contribution is -2.02. The van der Waals surface area contributed by atoms with Crippen LogP contribution in [0.2, 0.25) is 0 Å². The first-order valence-electron chi connectivity index (χ1n) is 7.38. The van der Waals surface area contributed by atoms with Crippen LogP contribution >= 0.6 is 11.8 Å². The summed E-state index contributed by atoms with van der Waals surface area (Å²) in [6.07, 6.45) is 0. The molecule has 3 aromatic rings. The predicted octanol–water partition coefficient (Wildman–Crippen LogP) is 3.82. The van der Waals surface area contributed by atoms with Gasteiger partial charge in [-0.2, -0.15) is 0 Å². The smallest absolute Gasteiger partial charge is 0.269 e. The van der Waals surface area contributed by atoms with E-state index in [0.717, 1.165) is 5.56 Å². The highest BCUT2D eigenvalue weighted by Gasteiger charge is 2.15. The summed E-state index contributed by atoms with van der Waals surface area (Å²) >= 11 is 1.34. The van der Waals surface area contributed by atoms with E-state index in [-0.39, 0.29) is 16.3 Å². The number of nitrogens with zero attached hydrogens (tertiary/aromatic N) is 2. The van der Waals surface area contributed by atoms with Gasteiger partial charge in [-0.15, -0.1) is 0 Å². The van der Waals surface area contributed by atoms with Crippen molar-refractivity contribution in [3.8, 4) is 0 Å². The van der Waals surface area contributed by atoms with Gasteiger partial charge in [0, 0.05) is 24.0 Å². The third kappa shape index (κ3) is 3.83. The Morgan fingerprint density at radius 2 is 1.92 bits per heavy atom. The Morgan fingerprint density at radius 1 is 1.20 bits per heavy atom. The van der Waals surface area contributed by atoms with Crippen LogP contribution in [-0.4, -0.2) is 24.1 Å². The summed E-state index contributed by atoms with van der Waals surface area (Å²) in [5, 5.41) is 11.1. The second-order valence-corrected chi connectivity index (χ2v) is 8.43. The number of rotatable bonds is 6. The van der Waals surface area contributed by atoms with Crippen LogP contribution in [0.4, 0.5) is 5.69 Å². The van der Waals surface area contributed by atoms with Crippen molar-refractivity contribution in [3.05, 3.63) is 58.1 Å². The Morgan fingerprint density at radius 3 is 2.56 bits per heavy atom. The van der Waals surface area contributed by atoms with Crippen molar-refractivity contribution in [1.82, 2.24) is 4.98 Å². The third-order valence-electron chi connectivity index (χ3n) is 3.59. The Bertz CT molecular complexity index is 1030. The first-order valence-corrected chi connectivity index (χ1v) is 10.0. The second kappa shape index (κ2) is 6.85. The molecule has 0 aliphatic rings. The molecule has 0 aliphatic heterocycles. The highest BCUT2D eigenvalue weighted by atomic mass is 32.2.